The first kappa shape index (κ1) is 12.1. The van der Waals surface area contributed by atoms with Crippen LogP contribution in [0.1, 0.15) is 21.5 Å². The van der Waals surface area contributed by atoms with Gasteiger partial charge in [0.2, 0.25) is 5.88 Å². The second-order valence-electron chi connectivity index (χ2n) is 4.01. The van der Waals surface area contributed by atoms with Gasteiger partial charge in [-0.3, -0.25) is 0 Å². The minimum absolute atomic E-state index is 0.236. The van der Waals surface area contributed by atoms with Crippen molar-refractivity contribution in [3.05, 3.63) is 53.2 Å². The number of aromatic carboxylic acids is 1. The monoisotopic (exact) mass is 243 g/mol. The minimum atomic E-state index is -0.963. The van der Waals surface area contributed by atoms with E-state index >= 15 is 0 Å². The van der Waals surface area contributed by atoms with E-state index < -0.39 is 5.97 Å². The molecule has 0 amide bonds. The Hall–Kier alpha value is -2.36. The van der Waals surface area contributed by atoms with Gasteiger partial charge in [-0.25, -0.2) is 9.78 Å². The molecular weight excluding hydrogens is 230 g/mol. The number of carboxylic acids is 1. The largest absolute Gasteiger partial charge is 0.478 e. The molecule has 0 saturated heterocycles. The number of carboxylic acid groups (broad SMARTS) is 1. The van der Waals surface area contributed by atoms with Crippen LogP contribution in [0.5, 0.6) is 11.6 Å². The normalized spacial score (nSPS) is 10.1. The number of rotatable bonds is 3. The molecule has 0 atom stereocenters. The highest BCUT2D eigenvalue weighted by atomic mass is 16.5. The molecule has 0 unspecified atom stereocenters. The molecule has 0 spiro atoms. The highest BCUT2D eigenvalue weighted by molar-refractivity contribution is 5.90. The third-order valence-electron chi connectivity index (χ3n) is 2.61. The summed E-state index contributed by atoms with van der Waals surface area (Å²) in [6.45, 7) is 3.65. The van der Waals surface area contributed by atoms with Crippen molar-refractivity contribution in [3.63, 3.8) is 0 Å². The van der Waals surface area contributed by atoms with Crippen LogP contribution < -0.4 is 4.74 Å². The molecule has 0 fully saturated rings. The SMILES string of the molecule is Cc1ccc(Oc2cccc(C(=O)O)c2C)nc1. The van der Waals surface area contributed by atoms with E-state index in [4.69, 9.17) is 9.84 Å². The van der Waals surface area contributed by atoms with E-state index in [2.05, 4.69) is 4.98 Å². The second-order valence-corrected chi connectivity index (χ2v) is 4.01. The van der Waals surface area contributed by atoms with Gasteiger partial charge in [-0.2, -0.15) is 0 Å². The van der Waals surface area contributed by atoms with Crippen LogP contribution in [0.3, 0.4) is 0 Å². The topological polar surface area (TPSA) is 59.4 Å². The van der Waals surface area contributed by atoms with Crippen LogP contribution in [0, 0.1) is 13.8 Å². The highest BCUT2D eigenvalue weighted by Gasteiger charge is 2.11. The van der Waals surface area contributed by atoms with Crippen LogP contribution in [0.2, 0.25) is 0 Å². The predicted octanol–water partition coefficient (Wildman–Crippen LogP) is 3.19. The van der Waals surface area contributed by atoms with Gasteiger partial charge in [-0.1, -0.05) is 12.1 Å². The summed E-state index contributed by atoms with van der Waals surface area (Å²) < 4.78 is 5.58. The Balaban J connectivity index is 2.32. The third kappa shape index (κ3) is 2.48. The summed E-state index contributed by atoms with van der Waals surface area (Å²) in [5.41, 5.74) is 1.87. The van der Waals surface area contributed by atoms with E-state index in [9.17, 15) is 4.79 Å². The molecule has 1 aromatic carbocycles. The number of hydrogen-bond acceptors (Lipinski definition) is 3. The average Bonchev–Trinajstić information content (AvgIpc) is 2.34. The first-order valence-corrected chi connectivity index (χ1v) is 5.51. The van der Waals surface area contributed by atoms with Gasteiger partial charge in [-0.15, -0.1) is 0 Å². The van der Waals surface area contributed by atoms with Crippen LogP contribution in [-0.4, -0.2) is 16.1 Å². The van der Waals surface area contributed by atoms with E-state index in [1.807, 2.05) is 13.0 Å². The number of nitrogens with zero attached hydrogens (tertiary/aromatic N) is 1. The van der Waals surface area contributed by atoms with Crippen molar-refractivity contribution in [1.29, 1.82) is 0 Å². The lowest BCUT2D eigenvalue weighted by Gasteiger charge is -2.09. The Morgan fingerprint density at radius 2 is 2.00 bits per heavy atom. The third-order valence-corrected chi connectivity index (χ3v) is 2.61. The number of ether oxygens (including phenoxy) is 1. The van der Waals surface area contributed by atoms with Gasteiger partial charge >= 0.3 is 5.97 Å². The molecule has 18 heavy (non-hydrogen) atoms. The molecule has 1 heterocycles. The molecule has 0 saturated carbocycles. The number of hydrogen-bond donors (Lipinski definition) is 1. The Bertz CT molecular complexity index is 576. The minimum Gasteiger partial charge on any atom is -0.478 e. The number of aryl methyl sites for hydroxylation is 1. The van der Waals surface area contributed by atoms with Gasteiger partial charge in [0.1, 0.15) is 5.75 Å². The van der Waals surface area contributed by atoms with E-state index in [0.29, 0.717) is 17.2 Å². The van der Waals surface area contributed by atoms with Crippen LogP contribution >= 0.6 is 0 Å². The zero-order valence-electron chi connectivity index (χ0n) is 10.2. The van der Waals surface area contributed by atoms with Crippen molar-refractivity contribution in [2.45, 2.75) is 13.8 Å². The van der Waals surface area contributed by atoms with Crippen LogP contribution in [0.25, 0.3) is 0 Å². The number of carbonyl (C=O) groups is 1. The van der Waals surface area contributed by atoms with Gasteiger partial charge in [0.25, 0.3) is 0 Å². The summed E-state index contributed by atoms with van der Waals surface area (Å²) in [6, 6.07) is 8.57. The molecule has 0 aliphatic rings. The number of benzene rings is 1. The quantitative estimate of drug-likeness (QED) is 0.899. The maximum absolute atomic E-state index is 11.0. The maximum Gasteiger partial charge on any atom is 0.336 e. The lowest BCUT2D eigenvalue weighted by molar-refractivity contribution is 0.0695. The fourth-order valence-corrected chi connectivity index (χ4v) is 1.58. The molecule has 4 heteroatoms. The summed E-state index contributed by atoms with van der Waals surface area (Å²) >= 11 is 0. The molecule has 1 aromatic heterocycles. The molecule has 92 valence electrons. The lowest BCUT2D eigenvalue weighted by Crippen LogP contribution is -2.01. The van der Waals surface area contributed by atoms with Crippen LogP contribution in [0.15, 0.2) is 36.5 Å². The molecule has 1 N–H and O–H groups in total. The maximum atomic E-state index is 11.0. The Morgan fingerprint density at radius 1 is 1.22 bits per heavy atom. The lowest BCUT2D eigenvalue weighted by atomic mass is 10.1. The Labute approximate surface area is 105 Å². The van der Waals surface area contributed by atoms with Crippen LogP contribution in [-0.2, 0) is 0 Å². The van der Waals surface area contributed by atoms with Crippen molar-refractivity contribution < 1.29 is 14.6 Å². The fourth-order valence-electron chi connectivity index (χ4n) is 1.58. The average molecular weight is 243 g/mol. The summed E-state index contributed by atoms with van der Waals surface area (Å²) in [4.78, 5) is 15.1. The summed E-state index contributed by atoms with van der Waals surface area (Å²) in [5, 5.41) is 9.02. The van der Waals surface area contributed by atoms with E-state index in [0.717, 1.165) is 5.56 Å². The molecule has 0 bridgehead atoms. The number of aromatic nitrogens is 1. The Morgan fingerprint density at radius 3 is 2.61 bits per heavy atom. The highest BCUT2D eigenvalue weighted by Crippen LogP contribution is 2.25. The number of pyridine rings is 1. The molecule has 0 aliphatic carbocycles. The smallest absolute Gasteiger partial charge is 0.336 e. The summed E-state index contributed by atoms with van der Waals surface area (Å²) in [5.74, 6) is -0.00712. The summed E-state index contributed by atoms with van der Waals surface area (Å²) in [6.07, 6.45) is 1.70. The molecule has 0 radical (unpaired) electrons. The molecule has 2 aromatic rings. The second kappa shape index (κ2) is 4.87. The van der Waals surface area contributed by atoms with E-state index in [-0.39, 0.29) is 5.56 Å². The molecule has 4 nitrogen and oxygen atoms in total. The Kier molecular flexibility index (Phi) is 3.28. The van der Waals surface area contributed by atoms with E-state index in [1.165, 1.54) is 0 Å². The molecular formula is C14H13NO3. The predicted molar refractivity (Wildman–Crippen MR) is 67.2 cm³/mol. The van der Waals surface area contributed by atoms with Crippen molar-refractivity contribution in [3.8, 4) is 11.6 Å². The first-order chi connectivity index (χ1) is 8.58. The van der Waals surface area contributed by atoms with Crippen molar-refractivity contribution in [2.24, 2.45) is 0 Å². The zero-order valence-corrected chi connectivity index (χ0v) is 10.2. The van der Waals surface area contributed by atoms with Gasteiger partial charge in [0.15, 0.2) is 0 Å². The van der Waals surface area contributed by atoms with Gasteiger partial charge in [0, 0.05) is 17.8 Å². The fraction of sp³-hybridized carbons (Fsp3) is 0.143. The van der Waals surface area contributed by atoms with Gasteiger partial charge in [0.05, 0.1) is 5.56 Å². The molecule has 0 aliphatic heterocycles. The van der Waals surface area contributed by atoms with Crippen molar-refractivity contribution in [2.75, 3.05) is 0 Å². The van der Waals surface area contributed by atoms with E-state index in [1.54, 1.807) is 37.4 Å². The van der Waals surface area contributed by atoms with Crippen LogP contribution in [0.4, 0.5) is 0 Å². The standard InChI is InChI=1S/C14H13NO3/c1-9-6-7-13(15-8-9)18-12-5-3-4-11(10(12)2)14(16)17/h3-8H,1-2H3,(H,16,17). The van der Waals surface area contributed by atoms with Crippen molar-refractivity contribution in [1.82, 2.24) is 4.98 Å². The molecule has 2 rings (SSSR count). The van der Waals surface area contributed by atoms with Crippen molar-refractivity contribution >= 4 is 5.97 Å². The summed E-state index contributed by atoms with van der Waals surface area (Å²) in [7, 11) is 0. The first-order valence-electron chi connectivity index (χ1n) is 5.51. The van der Waals surface area contributed by atoms with Gasteiger partial charge in [-0.05, 0) is 31.5 Å². The zero-order chi connectivity index (χ0) is 13.1. The van der Waals surface area contributed by atoms with Gasteiger partial charge < -0.3 is 9.84 Å².